The summed E-state index contributed by atoms with van der Waals surface area (Å²) in [4.78, 5) is 44.9. The lowest BCUT2D eigenvalue weighted by Crippen LogP contribution is -2.57. The van der Waals surface area contributed by atoms with Crippen LogP contribution in [0, 0.1) is 11.8 Å². The number of aliphatic hydroxyl groups excluding tert-OH is 1. The number of aliphatic hydroxyl groups is 1. The average Bonchev–Trinajstić information content (AvgIpc) is 3.33. The Balaban J connectivity index is 2.02. The summed E-state index contributed by atoms with van der Waals surface area (Å²) in [6.45, 7) is 11.7. The van der Waals surface area contributed by atoms with Crippen LogP contribution in [0.3, 0.4) is 0 Å². The number of rotatable bonds is 9. The van der Waals surface area contributed by atoms with E-state index in [9.17, 15) is 19.5 Å². The van der Waals surface area contributed by atoms with Gasteiger partial charge in [-0.05, 0) is 26.7 Å². The van der Waals surface area contributed by atoms with Crippen molar-refractivity contribution in [2.24, 2.45) is 11.8 Å². The van der Waals surface area contributed by atoms with Gasteiger partial charge in [0.2, 0.25) is 17.7 Å². The molecule has 0 radical (unpaired) electrons. The number of carbonyl (C=O) groups is 3. The molecule has 30 heavy (non-hydrogen) atoms. The largest absolute Gasteiger partial charge is 0.395 e. The van der Waals surface area contributed by atoms with Crippen molar-refractivity contribution in [1.29, 1.82) is 0 Å². The lowest BCUT2D eigenvalue weighted by atomic mass is 9.70. The number of carbonyl (C=O) groups excluding carboxylic acids is 3. The summed E-state index contributed by atoms with van der Waals surface area (Å²) in [5.74, 6) is -2.00. The van der Waals surface area contributed by atoms with Gasteiger partial charge in [-0.2, -0.15) is 0 Å². The quantitative estimate of drug-likeness (QED) is 0.547. The fourth-order valence-electron chi connectivity index (χ4n) is 5.45. The van der Waals surface area contributed by atoms with Gasteiger partial charge in [-0.3, -0.25) is 14.4 Å². The Morgan fingerprint density at radius 1 is 1.30 bits per heavy atom. The fraction of sp³-hybridized carbons (Fsp3) is 0.682. The van der Waals surface area contributed by atoms with Crippen molar-refractivity contribution in [1.82, 2.24) is 14.7 Å². The fourth-order valence-corrected chi connectivity index (χ4v) is 5.45. The van der Waals surface area contributed by atoms with Gasteiger partial charge < -0.3 is 24.5 Å². The van der Waals surface area contributed by atoms with Gasteiger partial charge in [0.05, 0.1) is 24.5 Å². The number of hydrogen-bond donors (Lipinski definition) is 1. The number of β-amino-alcohol motifs (C(OH)–C–C–N with tert-alkyl or cyclic N) is 1. The molecule has 3 aliphatic heterocycles. The van der Waals surface area contributed by atoms with Gasteiger partial charge in [0.1, 0.15) is 11.6 Å². The molecule has 0 aromatic heterocycles. The molecule has 166 valence electrons. The molecule has 0 saturated carbocycles. The van der Waals surface area contributed by atoms with Crippen molar-refractivity contribution >= 4 is 17.7 Å². The third-order valence-corrected chi connectivity index (χ3v) is 6.67. The molecule has 3 rings (SSSR count). The maximum absolute atomic E-state index is 13.7. The van der Waals surface area contributed by atoms with E-state index in [2.05, 4.69) is 13.2 Å². The number of fused-ring (bicyclic) bond motifs is 1. The Morgan fingerprint density at radius 2 is 1.97 bits per heavy atom. The SMILES string of the molecule is C=CCN(C)C(=O)[C@@H]1[C@@H]2CCC3(O2)C(C(=O)N(CC=C)C(C)C)N(CCO)C(=O)[C@H]13. The first-order chi connectivity index (χ1) is 14.2. The molecule has 2 bridgehead atoms. The van der Waals surface area contributed by atoms with Gasteiger partial charge in [-0.25, -0.2) is 0 Å². The average molecular weight is 420 g/mol. The second kappa shape index (κ2) is 8.51. The second-order valence-electron chi connectivity index (χ2n) is 8.69. The summed E-state index contributed by atoms with van der Waals surface area (Å²) >= 11 is 0. The van der Waals surface area contributed by atoms with Crippen LogP contribution in [0.4, 0.5) is 0 Å². The van der Waals surface area contributed by atoms with Crippen molar-refractivity contribution in [2.45, 2.75) is 50.5 Å². The minimum Gasteiger partial charge on any atom is -0.395 e. The van der Waals surface area contributed by atoms with Crippen LogP contribution in [-0.2, 0) is 19.1 Å². The third-order valence-electron chi connectivity index (χ3n) is 6.67. The molecule has 8 nitrogen and oxygen atoms in total. The molecule has 0 aromatic carbocycles. The van der Waals surface area contributed by atoms with Crippen LogP contribution >= 0.6 is 0 Å². The highest BCUT2D eigenvalue weighted by Gasteiger charge is 2.74. The second-order valence-corrected chi connectivity index (χ2v) is 8.69. The minimum atomic E-state index is -1.03. The van der Waals surface area contributed by atoms with Crippen LogP contribution in [0.5, 0.6) is 0 Å². The maximum atomic E-state index is 13.7. The number of nitrogens with zero attached hydrogens (tertiary/aromatic N) is 3. The highest BCUT2D eigenvalue weighted by Crippen LogP contribution is 2.58. The number of hydrogen-bond acceptors (Lipinski definition) is 5. The van der Waals surface area contributed by atoms with E-state index in [4.69, 9.17) is 4.74 Å². The van der Waals surface area contributed by atoms with Crippen LogP contribution in [0.25, 0.3) is 0 Å². The topological polar surface area (TPSA) is 90.4 Å². The van der Waals surface area contributed by atoms with Crippen LogP contribution in [0.2, 0.25) is 0 Å². The Hall–Kier alpha value is -2.19. The summed E-state index contributed by atoms with van der Waals surface area (Å²) in [6.07, 6.45) is 4.09. The van der Waals surface area contributed by atoms with Gasteiger partial charge in [-0.15, -0.1) is 13.2 Å². The molecule has 3 saturated heterocycles. The first-order valence-corrected chi connectivity index (χ1v) is 10.6. The first-order valence-electron chi connectivity index (χ1n) is 10.6. The van der Waals surface area contributed by atoms with Gasteiger partial charge in [0.25, 0.3) is 0 Å². The van der Waals surface area contributed by atoms with Crippen molar-refractivity contribution in [3.05, 3.63) is 25.3 Å². The zero-order chi connectivity index (χ0) is 22.2. The zero-order valence-corrected chi connectivity index (χ0v) is 18.1. The summed E-state index contributed by atoms with van der Waals surface area (Å²) in [5, 5.41) is 9.60. The van der Waals surface area contributed by atoms with E-state index in [1.54, 1.807) is 29.0 Å². The number of likely N-dealkylation sites (tertiary alicyclic amines) is 1. The van der Waals surface area contributed by atoms with Gasteiger partial charge in [0, 0.05) is 32.7 Å². The highest BCUT2D eigenvalue weighted by molar-refractivity contribution is 5.99. The summed E-state index contributed by atoms with van der Waals surface area (Å²) in [6, 6.07) is -0.941. The normalized spacial score (nSPS) is 31.8. The van der Waals surface area contributed by atoms with Gasteiger partial charge in [0.15, 0.2) is 0 Å². The Kier molecular flexibility index (Phi) is 6.38. The Morgan fingerprint density at radius 3 is 2.53 bits per heavy atom. The third kappa shape index (κ3) is 3.26. The molecule has 0 aromatic rings. The van der Waals surface area contributed by atoms with Crippen LogP contribution in [-0.4, -0.2) is 94.6 Å². The molecule has 3 heterocycles. The molecular formula is C22H33N3O5. The van der Waals surface area contributed by atoms with Crippen molar-refractivity contribution < 1.29 is 24.2 Å². The molecule has 3 fully saturated rings. The molecule has 0 aliphatic carbocycles. The number of likely N-dealkylation sites (N-methyl/N-ethyl adjacent to an activating group) is 1. The van der Waals surface area contributed by atoms with E-state index in [-0.39, 0.29) is 43.0 Å². The van der Waals surface area contributed by atoms with Crippen LogP contribution in [0.1, 0.15) is 26.7 Å². The van der Waals surface area contributed by atoms with E-state index >= 15 is 0 Å². The predicted octanol–water partition coefficient (Wildman–Crippen LogP) is 0.421. The van der Waals surface area contributed by atoms with Crippen LogP contribution < -0.4 is 0 Å². The smallest absolute Gasteiger partial charge is 0.248 e. The Labute approximate surface area is 178 Å². The van der Waals surface area contributed by atoms with E-state index in [1.165, 1.54) is 4.90 Å². The molecule has 8 heteroatoms. The molecular weight excluding hydrogens is 386 g/mol. The highest BCUT2D eigenvalue weighted by atomic mass is 16.5. The number of ether oxygens (including phenoxy) is 1. The summed E-state index contributed by atoms with van der Waals surface area (Å²) in [5.41, 5.74) is -1.03. The maximum Gasteiger partial charge on any atom is 0.248 e. The van der Waals surface area contributed by atoms with Crippen molar-refractivity contribution in [3.8, 4) is 0 Å². The van der Waals surface area contributed by atoms with E-state index in [1.807, 2.05) is 13.8 Å². The van der Waals surface area contributed by atoms with Gasteiger partial charge >= 0.3 is 0 Å². The van der Waals surface area contributed by atoms with E-state index in [0.717, 1.165) is 0 Å². The molecule has 5 atom stereocenters. The molecule has 2 unspecified atom stereocenters. The molecule has 3 aliphatic rings. The van der Waals surface area contributed by atoms with E-state index < -0.39 is 23.5 Å². The Bertz CT molecular complexity index is 738. The monoisotopic (exact) mass is 419 g/mol. The number of amides is 3. The predicted molar refractivity (Wildman–Crippen MR) is 111 cm³/mol. The summed E-state index contributed by atoms with van der Waals surface area (Å²) < 4.78 is 6.34. The van der Waals surface area contributed by atoms with E-state index in [0.29, 0.717) is 25.9 Å². The standard InChI is InChI=1S/C22H33N3O5/c1-6-10-23(5)19(27)16-15-8-9-22(30-15)17(16)20(28)25(12-13-26)18(22)21(29)24(11-7-2)14(3)4/h6-7,14-18,26H,1-2,8-13H2,3-5H3/t15-,16+,17-,18?,22?/m0/s1. The zero-order valence-electron chi connectivity index (χ0n) is 18.1. The van der Waals surface area contributed by atoms with Crippen molar-refractivity contribution in [2.75, 3.05) is 33.3 Å². The van der Waals surface area contributed by atoms with Crippen LogP contribution in [0.15, 0.2) is 25.3 Å². The van der Waals surface area contributed by atoms with Crippen molar-refractivity contribution in [3.63, 3.8) is 0 Å². The lowest BCUT2D eigenvalue weighted by Gasteiger charge is -2.38. The van der Waals surface area contributed by atoms with Gasteiger partial charge in [-0.1, -0.05) is 12.2 Å². The molecule has 3 amide bonds. The minimum absolute atomic E-state index is 0.0327. The lowest BCUT2D eigenvalue weighted by molar-refractivity contribution is -0.149. The molecule has 1 N–H and O–H groups in total. The molecule has 1 spiro atoms. The first kappa shape index (κ1) is 22.5. The summed E-state index contributed by atoms with van der Waals surface area (Å²) in [7, 11) is 1.68.